The molecule has 1 aliphatic rings. The number of nitrogens with one attached hydrogen (secondary N) is 2. The molecule has 1 aromatic rings. The van der Waals surface area contributed by atoms with Crippen molar-refractivity contribution in [2.75, 3.05) is 5.32 Å². The van der Waals surface area contributed by atoms with Crippen LogP contribution in [-0.2, 0) is 16.0 Å². The van der Waals surface area contributed by atoms with Crippen LogP contribution < -0.4 is 10.6 Å². The summed E-state index contributed by atoms with van der Waals surface area (Å²) < 4.78 is 0. The van der Waals surface area contributed by atoms with Crippen molar-refractivity contribution in [2.45, 2.75) is 45.1 Å². The molecule has 22 heavy (non-hydrogen) atoms. The number of amides is 2. The highest BCUT2D eigenvalue weighted by molar-refractivity contribution is 5.98. The van der Waals surface area contributed by atoms with Gasteiger partial charge in [0, 0.05) is 23.2 Å². The predicted molar refractivity (Wildman–Crippen MR) is 81.8 cm³/mol. The fraction of sp³-hybridized carbons (Fsp3) is 0.438. The number of hydrogen-bond acceptors (Lipinski definition) is 3. The molecule has 1 heterocycles. The Morgan fingerprint density at radius 1 is 1.36 bits per heavy atom. The van der Waals surface area contributed by atoms with Gasteiger partial charge in [-0.05, 0) is 43.5 Å². The van der Waals surface area contributed by atoms with Crippen molar-refractivity contribution in [2.24, 2.45) is 0 Å². The van der Waals surface area contributed by atoms with E-state index < -0.39 is 11.5 Å². The van der Waals surface area contributed by atoms with Gasteiger partial charge in [0.15, 0.2) is 0 Å². The van der Waals surface area contributed by atoms with Crippen molar-refractivity contribution >= 4 is 23.5 Å². The lowest BCUT2D eigenvalue weighted by Gasteiger charge is -2.28. The van der Waals surface area contributed by atoms with E-state index in [1.54, 1.807) is 25.1 Å². The number of fused-ring (bicyclic) bond motifs is 1. The second kappa shape index (κ2) is 6.17. The van der Waals surface area contributed by atoms with E-state index in [2.05, 4.69) is 10.6 Å². The van der Waals surface area contributed by atoms with Crippen LogP contribution in [0.2, 0.25) is 0 Å². The van der Waals surface area contributed by atoms with Crippen molar-refractivity contribution in [3.05, 3.63) is 29.3 Å². The number of aryl methyl sites for hydroxylation is 1. The third kappa shape index (κ3) is 3.63. The van der Waals surface area contributed by atoms with Gasteiger partial charge in [-0.3, -0.25) is 14.4 Å². The van der Waals surface area contributed by atoms with Crippen LogP contribution in [0.3, 0.4) is 0 Å². The Bertz CT molecular complexity index is 627. The molecule has 1 aromatic carbocycles. The molecule has 0 radical (unpaired) electrons. The molecule has 0 aliphatic carbocycles. The summed E-state index contributed by atoms with van der Waals surface area (Å²) in [5, 5.41) is 14.5. The van der Waals surface area contributed by atoms with E-state index >= 15 is 0 Å². The van der Waals surface area contributed by atoms with Gasteiger partial charge in [0.2, 0.25) is 5.91 Å². The Kier molecular flexibility index (Phi) is 4.49. The molecular weight excluding hydrogens is 284 g/mol. The van der Waals surface area contributed by atoms with Crippen molar-refractivity contribution in [3.8, 4) is 0 Å². The molecule has 1 aliphatic heterocycles. The van der Waals surface area contributed by atoms with E-state index in [0.29, 0.717) is 24.8 Å². The minimum absolute atomic E-state index is 0.0234. The number of carbonyl (C=O) groups excluding carboxylic acids is 2. The Morgan fingerprint density at radius 3 is 2.73 bits per heavy atom. The van der Waals surface area contributed by atoms with E-state index in [4.69, 9.17) is 5.11 Å². The molecule has 2 amide bonds. The predicted octanol–water partition coefficient (Wildman–Crippen LogP) is 1.94. The topological polar surface area (TPSA) is 95.5 Å². The zero-order valence-electron chi connectivity index (χ0n) is 12.7. The zero-order valence-corrected chi connectivity index (χ0v) is 12.7. The Morgan fingerprint density at radius 2 is 2.09 bits per heavy atom. The molecule has 0 fully saturated rings. The molecule has 1 atom stereocenters. The first-order chi connectivity index (χ1) is 10.3. The van der Waals surface area contributed by atoms with Crippen molar-refractivity contribution in [1.82, 2.24) is 5.32 Å². The Hall–Kier alpha value is -2.37. The maximum atomic E-state index is 12.4. The number of anilines is 1. The fourth-order valence-electron chi connectivity index (χ4n) is 2.46. The molecule has 118 valence electrons. The highest BCUT2D eigenvalue weighted by Gasteiger charge is 2.28. The number of aliphatic carboxylic acids is 1. The number of benzene rings is 1. The van der Waals surface area contributed by atoms with E-state index in [-0.39, 0.29) is 18.2 Å². The lowest BCUT2D eigenvalue weighted by molar-refractivity contribution is -0.138. The molecule has 0 saturated heterocycles. The van der Waals surface area contributed by atoms with Gasteiger partial charge in [0.25, 0.3) is 5.91 Å². The third-order valence-electron chi connectivity index (χ3n) is 4.00. The molecule has 0 aromatic heterocycles. The first-order valence-electron chi connectivity index (χ1n) is 7.30. The van der Waals surface area contributed by atoms with Crippen molar-refractivity contribution in [1.29, 1.82) is 0 Å². The van der Waals surface area contributed by atoms with Gasteiger partial charge in [-0.25, -0.2) is 0 Å². The number of carboxylic acids is 1. The van der Waals surface area contributed by atoms with E-state index in [0.717, 1.165) is 11.3 Å². The quantitative estimate of drug-likeness (QED) is 0.774. The summed E-state index contributed by atoms with van der Waals surface area (Å²) in [5.74, 6) is -1.27. The highest BCUT2D eigenvalue weighted by atomic mass is 16.4. The lowest BCUT2D eigenvalue weighted by Crippen LogP contribution is -2.47. The zero-order chi connectivity index (χ0) is 16.3. The van der Waals surface area contributed by atoms with Crippen LogP contribution in [-0.4, -0.2) is 28.4 Å². The third-order valence-corrected chi connectivity index (χ3v) is 4.00. The minimum Gasteiger partial charge on any atom is -0.481 e. The monoisotopic (exact) mass is 304 g/mol. The largest absolute Gasteiger partial charge is 0.481 e. The number of rotatable bonds is 5. The average molecular weight is 304 g/mol. The van der Waals surface area contributed by atoms with Crippen LogP contribution >= 0.6 is 0 Å². The first kappa shape index (κ1) is 16.0. The molecule has 3 N–H and O–H groups in total. The lowest BCUT2D eigenvalue weighted by atomic mass is 9.93. The Balaban J connectivity index is 2.16. The van der Waals surface area contributed by atoms with Crippen LogP contribution in [0.15, 0.2) is 18.2 Å². The summed E-state index contributed by atoms with van der Waals surface area (Å²) in [6, 6.07) is 5.10. The summed E-state index contributed by atoms with van der Waals surface area (Å²) in [6.07, 6.45) is 1.40. The summed E-state index contributed by atoms with van der Waals surface area (Å²) in [6.45, 7) is 3.56. The van der Waals surface area contributed by atoms with Crippen LogP contribution in [0.5, 0.6) is 0 Å². The number of carbonyl (C=O) groups is 3. The average Bonchev–Trinajstić information content (AvgIpc) is 2.45. The second-order valence-electron chi connectivity index (χ2n) is 5.86. The number of carboxylic acid groups (broad SMARTS) is 1. The molecule has 0 unspecified atom stereocenters. The van der Waals surface area contributed by atoms with Gasteiger partial charge in [-0.15, -0.1) is 0 Å². The smallest absolute Gasteiger partial charge is 0.305 e. The first-order valence-corrected chi connectivity index (χ1v) is 7.30. The van der Waals surface area contributed by atoms with Crippen LogP contribution in [0.1, 0.15) is 49.0 Å². The van der Waals surface area contributed by atoms with E-state index in [9.17, 15) is 14.4 Å². The van der Waals surface area contributed by atoms with Gasteiger partial charge in [-0.1, -0.05) is 6.92 Å². The van der Waals surface area contributed by atoms with Gasteiger partial charge in [0.05, 0.1) is 6.42 Å². The van der Waals surface area contributed by atoms with Crippen LogP contribution in [0.25, 0.3) is 0 Å². The van der Waals surface area contributed by atoms with E-state index in [1.165, 1.54) is 0 Å². The summed E-state index contributed by atoms with van der Waals surface area (Å²) in [7, 11) is 0. The van der Waals surface area contributed by atoms with Gasteiger partial charge in [-0.2, -0.15) is 0 Å². The summed E-state index contributed by atoms with van der Waals surface area (Å²) in [5.41, 5.74) is 1.34. The molecular formula is C16H20N2O4. The summed E-state index contributed by atoms with van der Waals surface area (Å²) >= 11 is 0. The summed E-state index contributed by atoms with van der Waals surface area (Å²) in [4.78, 5) is 34.6. The van der Waals surface area contributed by atoms with Gasteiger partial charge in [0.1, 0.15) is 0 Å². The molecule has 6 nitrogen and oxygen atoms in total. The van der Waals surface area contributed by atoms with Crippen molar-refractivity contribution < 1.29 is 19.5 Å². The fourth-order valence-corrected chi connectivity index (χ4v) is 2.46. The van der Waals surface area contributed by atoms with Gasteiger partial charge >= 0.3 is 5.97 Å². The maximum absolute atomic E-state index is 12.4. The number of hydrogen-bond donors (Lipinski definition) is 3. The van der Waals surface area contributed by atoms with Crippen LogP contribution in [0, 0.1) is 0 Å². The Labute approximate surface area is 128 Å². The highest BCUT2D eigenvalue weighted by Crippen LogP contribution is 2.24. The molecule has 6 heteroatoms. The van der Waals surface area contributed by atoms with Gasteiger partial charge < -0.3 is 15.7 Å². The maximum Gasteiger partial charge on any atom is 0.305 e. The van der Waals surface area contributed by atoms with E-state index in [1.807, 2.05) is 6.92 Å². The normalized spacial score (nSPS) is 16.2. The standard InChI is InChI=1S/C16H20N2O4/c1-3-16(2,9-14(20)21)18-15(22)11-4-6-12-10(8-11)5-7-13(19)17-12/h4,6,8H,3,5,7,9H2,1-2H3,(H,17,19)(H,18,22)(H,20,21)/t16-/m1/s1. The molecule has 0 spiro atoms. The minimum atomic E-state index is -0.946. The van der Waals surface area contributed by atoms with Crippen LogP contribution in [0.4, 0.5) is 5.69 Å². The van der Waals surface area contributed by atoms with Crippen molar-refractivity contribution in [3.63, 3.8) is 0 Å². The SMILES string of the molecule is CC[C@](C)(CC(=O)O)NC(=O)c1ccc2c(c1)CCC(=O)N2. The second-order valence-corrected chi connectivity index (χ2v) is 5.86. The molecule has 2 rings (SSSR count). The molecule has 0 saturated carbocycles. The molecule has 0 bridgehead atoms.